The van der Waals surface area contributed by atoms with E-state index in [-0.39, 0.29) is 22.3 Å². The molecule has 12 heteroatoms. The van der Waals surface area contributed by atoms with Crippen molar-refractivity contribution in [2.45, 2.75) is 36.9 Å². The van der Waals surface area contributed by atoms with Crippen molar-refractivity contribution >= 4 is 10.9 Å². The van der Waals surface area contributed by atoms with Crippen molar-refractivity contribution in [3.8, 4) is 17.5 Å². The number of rotatable bonds is 5. The van der Waals surface area contributed by atoms with E-state index in [1.807, 2.05) is 0 Å². The second kappa shape index (κ2) is 6.83. The number of fused-ring (bicyclic) bond motifs is 1. The maximum absolute atomic E-state index is 14.9. The third-order valence-corrected chi connectivity index (χ3v) is 5.23. The van der Waals surface area contributed by atoms with Crippen LogP contribution in [0.4, 0.5) is 26.3 Å². The molecule has 0 aromatic carbocycles. The van der Waals surface area contributed by atoms with Crippen molar-refractivity contribution in [1.82, 2.24) is 14.8 Å². The fourth-order valence-corrected chi connectivity index (χ4v) is 3.28. The Morgan fingerprint density at radius 1 is 1.23 bits per heavy atom. The van der Waals surface area contributed by atoms with Crippen LogP contribution in [-0.4, -0.2) is 34.0 Å². The van der Waals surface area contributed by atoms with Crippen molar-refractivity contribution in [3.63, 3.8) is 0 Å². The third kappa shape index (κ3) is 3.43. The zero-order valence-electron chi connectivity index (χ0n) is 15.9. The van der Waals surface area contributed by atoms with Crippen molar-refractivity contribution in [2.24, 2.45) is 0 Å². The van der Waals surface area contributed by atoms with Crippen LogP contribution in [0.5, 0.6) is 0 Å². The molecular formula is C19H14F6N5O+. The minimum absolute atomic E-state index is 0.0438. The second-order valence-corrected chi connectivity index (χ2v) is 7.26. The van der Waals surface area contributed by atoms with Gasteiger partial charge in [-0.3, -0.25) is 9.52 Å². The van der Waals surface area contributed by atoms with Gasteiger partial charge in [0.1, 0.15) is 19.3 Å². The summed E-state index contributed by atoms with van der Waals surface area (Å²) >= 11 is 0. The van der Waals surface area contributed by atoms with Crippen molar-refractivity contribution in [1.29, 1.82) is 5.26 Å². The van der Waals surface area contributed by atoms with E-state index in [0.717, 1.165) is 17.1 Å². The van der Waals surface area contributed by atoms with Gasteiger partial charge in [0.15, 0.2) is 0 Å². The summed E-state index contributed by atoms with van der Waals surface area (Å²) in [5, 5.41) is 13.1. The molecule has 6 nitrogen and oxygen atoms in total. The van der Waals surface area contributed by atoms with Gasteiger partial charge < -0.3 is 0 Å². The van der Waals surface area contributed by atoms with Gasteiger partial charge in [0.25, 0.3) is 0 Å². The average Bonchev–Trinajstić information content (AvgIpc) is 3.42. The van der Waals surface area contributed by atoms with Gasteiger partial charge in [-0.05, 0) is 25.0 Å². The molecule has 3 aromatic heterocycles. The van der Waals surface area contributed by atoms with Crippen LogP contribution >= 0.6 is 0 Å². The summed E-state index contributed by atoms with van der Waals surface area (Å²) in [6, 6.07) is 4.67. The first-order valence-electron chi connectivity index (χ1n) is 8.99. The molecule has 0 N–H and O–H groups in total. The van der Waals surface area contributed by atoms with Gasteiger partial charge in [-0.15, -0.1) is 0 Å². The lowest BCUT2D eigenvalue weighted by Crippen LogP contribution is -2.44. The Bertz CT molecular complexity index is 1210. The smallest absolute Gasteiger partial charge is 0.274 e. The van der Waals surface area contributed by atoms with Crippen LogP contribution in [0.15, 0.2) is 30.7 Å². The number of nitriles is 1. The van der Waals surface area contributed by atoms with E-state index < -0.39 is 29.9 Å². The Labute approximate surface area is 171 Å². The molecule has 0 amide bonds. The molecule has 3 aromatic rings. The molecule has 0 atom stereocenters. The van der Waals surface area contributed by atoms with Gasteiger partial charge >= 0.3 is 17.8 Å². The first-order chi connectivity index (χ1) is 14.5. The van der Waals surface area contributed by atoms with E-state index in [1.54, 1.807) is 0 Å². The lowest BCUT2D eigenvalue weighted by molar-refractivity contribution is -0.878. The predicted molar refractivity (Wildman–Crippen MR) is 93.1 cm³/mol. The molecule has 0 saturated heterocycles. The van der Waals surface area contributed by atoms with E-state index in [2.05, 4.69) is 16.2 Å². The fraction of sp³-hybridized carbons (Fsp3) is 0.368. The van der Waals surface area contributed by atoms with E-state index in [0.29, 0.717) is 23.1 Å². The number of halogens is 6. The standard InChI is InChI=1S/C19H14F6N5O/c1-31-30-8-12(17(9-26)2-3-17)5-13(20)16(30)14-4-11-6-28-29(15(11)7-27-14)10-18(21,22)19(23,24)25/h4-8H,2-3,10H2,1H3/q+1. The number of pyridine rings is 2. The molecular weight excluding hydrogens is 428 g/mol. The zero-order chi connectivity index (χ0) is 22.6. The number of aromatic nitrogens is 4. The van der Waals surface area contributed by atoms with Gasteiger partial charge in [-0.2, -0.15) is 36.7 Å². The molecule has 4 rings (SSSR count). The lowest BCUT2D eigenvalue weighted by atomic mass is 9.99. The minimum Gasteiger partial charge on any atom is -0.274 e. The van der Waals surface area contributed by atoms with Gasteiger partial charge in [-0.25, -0.2) is 4.98 Å². The molecule has 0 spiro atoms. The van der Waals surface area contributed by atoms with E-state index in [9.17, 15) is 31.6 Å². The normalized spacial score (nSPS) is 15.7. The largest absolute Gasteiger partial charge is 0.455 e. The average molecular weight is 442 g/mol. The number of nitrogens with zero attached hydrogens (tertiary/aromatic N) is 5. The quantitative estimate of drug-likeness (QED) is 0.449. The molecule has 1 aliphatic carbocycles. The summed E-state index contributed by atoms with van der Waals surface area (Å²) in [5.41, 5.74) is -0.448. The SMILES string of the molecule is CO[n+]1cc(C2(C#N)CC2)cc(F)c1-c1cc2cnn(CC(F)(F)C(F)(F)F)c2cn1. The van der Waals surface area contributed by atoms with Gasteiger partial charge in [0.2, 0.25) is 12.0 Å². The first-order valence-corrected chi connectivity index (χ1v) is 8.99. The Kier molecular flexibility index (Phi) is 4.60. The van der Waals surface area contributed by atoms with E-state index in [4.69, 9.17) is 4.84 Å². The summed E-state index contributed by atoms with van der Waals surface area (Å²) in [6.07, 6.45) is -0.944. The third-order valence-electron chi connectivity index (χ3n) is 5.23. The van der Waals surface area contributed by atoms with Crippen LogP contribution in [0.2, 0.25) is 0 Å². The van der Waals surface area contributed by atoms with Gasteiger partial charge in [0.05, 0.1) is 29.4 Å². The maximum atomic E-state index is 14.9. The monoisotopic (exact) mass is 442 g/mol. The minimum atomic E-state index is -5.73. The van der Waals surface area contributed by atoms with Crippen molar-refractivity contribution < 1.29 is 35.9 Å². The van der Waals surface area contributed by atoms with Gasteiger partial charge in [0, 0.05) is 15.7 Å². The van der Waals surface area contributed by atoms with E-state index >= 15 is 0 Å². The van der Waals surface area contributed by atoms with Crippen LogP contribution in [0.1, 0.15) is 18.4 Å². The summed E-state index contributed by atoms with van der Waals surface area (Å²) in [4.78, 5) is 9.20. The van der Waals surface area contributed by atoms with Crippen LogP contribution in [0.25, 0.3) is 22.3 Å². The van der Waals surface area contributed by atoms with Crippen molar-refractivity contribution in [3.05, 3.63) is 42.1 Å². The number of hydrogen-bond acceptors (Lipinski definition) is 4. The molecule has 3 heterocycles. The van der Waals surface area contributed by atoms with Crippen LogP contribution < -0.4 is 9.57 Å². The summed E-state index contributed by atoms with van der Waals surface area (Å²) in [7, 11) is 1.29. The lowest BCUT2D eigenvalue weighted by Gasteiger charge is -2.19. The molecule has 0 unspecified atom stereocenters. The summed E-state index contributed by atoms with van der Waals surface area (Å²) < 4.78 is 80.8. The first kappa shape index (κ1) is 20.9. The van der Waals surface area contributed by atoms with Crippen LogP contribution in [0, 0.1) is 17.1 Å². The molecule has 1 fully saturated rings. The summed E-state index contributed by atoms with van der Waals surface area (Å²) in [5.74, 6) is -5.71. The highest BCUT2D eigenvalue weighted by atomic mass is 19.4. The molecule has 1 saturated carbocycles. The Morgan fingerprint density at radius 3 is 2.52 bits per heavy atom. The Hall–Kier alpha value is -3.36. The van der Waals surface area contributed by atoms with Gasteiger partial charge in [-0.1, -0.05) is 0 Å². The maximum Gasteiger partial charge on any atom is 0.455 e. The topological polar surface area (TPSA) is 67.6 Å². The molecule has 162 valence electrons. The predicted octanol–water partition coefficient (Wildman–Crippen LogP) is 3.34. The molecule has 0 bridgehead atoms. The second-order valence-electron chi connectivity index (χ2n) is 7.26. The van der Waals surface area contributed by atoms with E-state index in [1.165, 1.54) is 25.4 Å². The number of alkyl halides is 5. The highest BCUT2D eigenvalue weighted by Gasteiger charge is 2.58. The van der Waals surface area contributed by atoms with Crippen LogP contribution in [0.3, 0.4) is 0 Å². The molecule has 31 heavy (non-hydrogen) atoms. The van der Waals surface area contributed by atoms with Crippen molar-refractivity contribution in [2.75, 3.05) is 7.11 Å². The molecule has 0 aliphatic heterocycles. The Balaban J connectivity index is 1.74. The zero-order valence-corrected chi connectivity index (χ0v) is 15.9. The summed E-state index contributed by atoms with van der Waals surface area (Å²) in [6.45, 7) is -1.71. The number of hydrogen-bond donors (Lipinski definition) is 0. The Morgan fingerprint density at radius 2 is 1.94 bits per heavy atom. The fourth-order valence-electron chi connectivity index (χ4n) is 3.28. The van der Waals surface area contributed by atoms with Crippen LogP contribution in [-0.2, 0) is 12.0 Å². The molecule has 1 aliphatic rings. The highest BCUT2D eigenvalue weighted by molar-refractivity contribution is 5.81. The highest BCUT2D eigenvalue weighted by Crippen LogP contribution is 2.47. The molecule has 0 radical (unpaired) electrons.